The van der Waals surface area contributed by atoms with Crippen LogP contribution in [0.1, 0.15) is 28.8 Å². The van der Waals surface area contributed by atoms with E-state index in [-0.39, 0.29) is 5.91 Å². The minimum absolute atomic E-state index is 0.0586. The fourth-order valence-electron chi connectivity index (χ4n) is 4.04. The van der Waals surface area contributed by atoms with Gasteiger partial charge in [0.15, 0.2) is 0 Å². The van der Waals surface area contributed by atoms with Gasteiger partial charge in [0.1, 0.15) is 0 Å². The van der Waals surface area contributed by atoms with E-state index in [1.54, 1.807) is 0 Å². The van der Waals surface area contributed by atoms with Crippen molar-refractivity contribution >= 4 is 5.91 Å². The molecule has 0 saturated carbocycles. The molecule has 3 aliphatic rings. The Hall–Kier alpha value is -2.13. The van der Waals surface area contributed by atoms with E-state index in [1.165, 1.54) is 31.5 Å². The lowest BCUT2D eigenvalue weighted by Gasteiger charge is -2.44. The summed E-state index contributed by atoms with van der Waals surface area (Å²) in [6.45, 7) is 5.49. The van der Waals surface area contributed by atoms with Gasteiger partial charge in [0.2, 0.25) is 0 Å². The maximum atomic E-state index is 12.7. The van der Waals surface area contributed by atoms with Crippen LogP contribution in [-0.4, -0.2) is 36.5 Å². The Morgan fingerprint density at radius 3 is 2.42 bits per heavy atom. The van der Waals surface area contributed by atoms with E-state index in [0.29, 0.717) is 12.0 Å². The fourth-order valence-corrected chi connectivity index (χ4v) is 4.04. The third kappa shape index (κ3) is 3.09. The van der Waals surface area contributed by atoms with Crippen LogP contribution in [0.4, 0.5) is 0 Å². The standard InChI is InChI=1S/C21H24N2O/c1-15-4-2-5-17(12-15)18-6-3-7-19(13-18)21(24)22-20-14-23-10-8-16(20)9-11-23/h2-7,12-13,16,20H,8-11,14H2,1H3,(H,22,24)/t20-/m0/s1. The van der Waals surface area contributed by atoms with E-state index < -0.39 is 0 Å². The summed E-state index contributed by atoms with van der Waals surface area (Å²) in [6.07, 6.45) is 2.43. The van der Waals surface area contributed by atoms with Gasteiger partial charge in [-0.3, -0.25) is 4.79 Å². The minimum atomic E-state index is 0.0586. The zero-order valence-corrected chi connectivity index (χ0v) is 14.2. The molecule has 1 amide bonds. The van der Waals surface area contributed by atoms with Gasteiger partial charge >= 0.3 is 0 Å². The first kappa shape index (κ1) is 15.4. The molecule has 2 bridgehead atoms. The van der Waals surface area contributed by atoms with Crippen LogP contribution in [0.25, 0.3) is 11.1 Å². The Labute approximate surface area is 143 Å². The van der Waals surface area contributed by atoms with E-state index in [2.05, 4.69) is 47.5 Å². The molecular weight excluding hydrogens is 296 g/mol. The average molecular weight is 320 g/mol. The Kier molecular flexibility index (Phi) is 4.11. The number of rotatable bonds is 3. The van der Waals surface area contributed by atoms with Crippen LogP contribution in [-0.2, 0) is 0 Å². The number of nitrogens with one attached hydrogen (secondary N) is 1. The lowest BCUT2D eigenvalue weighted by molar-refractivity contribution is 0.0620. The highest BCUT2D eigenvalue weighted by Gasteiger charge is 2.34. The molecule has 0 unspecified atom stereocenters. The van der Waals surface area contributed by atoms with Crippen molar-refractivity contribution in [1.82, 2.24) is 10.2 Å². The molecule has 3 fully saturated rings. The molecular formula is C21H24N2O. The summed E-state index contributed by atoms with van der Waals surface area (Å²) in [4.78, 5) is 15.2. The summed E-state index contributed by atoms with van der Waals surface area (Å²) in [6, 6.07) is 16.7. The maximum Gasteiger partial charge on any atom is 0.251 e. The molecule has 24 heavy (non-hydrogen) atoms. The molecule has 1 N–H and O–H groups in total. The van der Waals surface area contributed by atoms with Crippen molar-refractivity contribution in [2.24, 2.45) is 5.92 Å². The van der Waals surface area contributed by atoms with E-state index >= 15 is 0 Å². The maximum absolute atomic E-state index is 12.7. The van der Waals surface area contributed by atoms with Crippen molar-refractivity contribution in [2.45, 2.75) is 25.8 Å². The monoisotopic (exact) mass is 320 g/mol. The van der Waals surface area contributed by atoms with E-state index in [9.17, 15) is 4.79 Å². The molecule has 124 valence electrons. The molecule has 3 heteroatoms. The summed E-state index contributed by atoms with van der Waals surface area (Å²) in [7, 11) is 0. The molecule has 0 radical (unpaired) electrons. The van der Waals surface area contributed by atoms with Crippen LogP contribution in [0.2, 0.25) is 0 Å². The van der Waals surface area contributed by atoms with Gasteiger partial charge < -0.3 is 10.2 Å². The van der Waals surface area contributed by atoms with Crippen molar-refractivity contribution < 1.29 is 4.79 Å². The second-order valence-corrected chi connectivity index (χ2v) is 7.17. The Morgan fingerprint density at radius 1 is 1.04 bits per heavy atom. The SMILES string of the molecule is Cc1cccc(-c2cccc(C(=O)N[C@H]3CN4CCC3CC4)c2)c1. The number of fused-ring (bicyclic) bond motifs is 3. The summed E-state index contributed by atoms with van der Waals surface area (Å²) in [5, 5.41) is 3.28. The molecule has 0 spiro atoms. The molecule has 2 aromatic carbocycles. The van der Waals surface area contributed by atoms with Crippen LogP contribution in [0.5, 0.6) is 0 Å². The van der Waals surface area contributed by atoms with E-state index in [4.69, 9.17) is 0 Å². The van der Waals surface area contributed by atoms with Crippen molar-refractivity contribution in [3.8, 4) is 11.1 Å². The number of amides is 1. The highest BCUT2D eigenvalue weighted by atomic mass is 16.1. The Bertz CT molecular complexity index is 747. The predicted octanol–water partition coefficient (Wildman–Crippen LogP) is 3.49. The highest BCUT2D eigenvalue weighted by molar-refractivity contribution is 5.95. The molecule has 2 aromatic rings. The fraction of sp³-hybridized carbons (Fsp3) is 0.381. The number of piperidine rings is 3. The summed E-state index contributed by atoms with van der Waals surface area (Å²) >= 11 is 0. The predicted molar refractivity (Wildman–Crippen MR) is 97.0 cm³/mol. The van der Waals surface area contributed by atoms with Crippen LogP contribution in [0, 0.1) is 12.8 Å². The molecule has 0 aliphatic carbocycles. The minimum Gasteiger partial charge on any atom is -0.348 e. The lowest BCUT2D eigenvalue weighted by Crippen LogP contribution is -2.57. The number of hydrogen-bond acceptors (Lipinski definition) is 2. The third-order valence-electron chi connectivity index (χ3n) is 5.45. The Balaban J connectivity index is 1.52. The van der Waals surface area contributed by atoms with Gasteiger partial charge in [0.25, 0.3) is 5.91 Å². The van der Waals surface area contributed by atoms with Crippen LogP contribution < -0.4 is 5.32 Å². The van der Waals surface area contributed by atoms with Crippen molar-refractivity contribution in [3.63, 3.8) is 0 Å². The zero-order chi connectivity index (χ0) is 16.5. The number of benzene rings is 2. The number of nitrogens with zero attached hydrogens (tertiary/aromatic N) is 1. The van der Waals surface area contributed by atoms with E-state index in [1.807, 2.05) is 18.2 Å². The van der Waals surface area contributed by atoms with Crippen molar-refractivity contribution in [1.29, 1.82) is 0 Å². The molecule has 5 rings (SSSR count). The van der Waals surface area contributed by atoms with Crippen molar-refractivity contribution in [2.75, 3.05) is 19.6 Å². The van der Waals surface area contributed by atoms with Gasteiger partial charge in [-0.1, -0.05) is 42.0 Å². The summed E-state index contributed by atoms with van der Waals surface area (Å²) < 4.78 is 0. The Morgan fingerprint density at radius 2 is 1.75 bits per heavy atom. The largest absolute Gasteiger partial charge is 0.348 e. The lowest BCUT2D eigenvalue weighted by atomic mass is 9.84. The van der Waals surface area contributed by atoms with E-state index in [0.717, 1.165) is 23.2 Å². The number of carbonyl (C=O) groups excluding carboxylic acids is 1. The number of carbonyl (C=O) groups is 1. The van der Waals surface area contributed by atoms with Crippen LogP contribution in [0.15, 0.2) is 48.5 Å². The topological polar surface area (TPSA) is 32.3 Å². The molecule has 3 aliphatic heterocycles. The smallest absolute Gasteiger partial charge is 0.251 e. The average Bonchev–Trinajstić information content (AvgIpc) is 2.63. The third-order valence-corrected chi connectivity index (χ3v) is 5.45. The normalized spacial score (nSPS) is 25.5. The molecule has 3 saturated heterocycles. The van der Waals surface area contributed by atoms with Gasteiger partial charge in [-0.15, -0.1) is 0 Å². The van der Waals surface area contributed by atoms with Crippen LogP contribution in [0.3, 0.4) is 0 Å². The number of hydrogen-bond donors (Lipinski definition) is 1. The summed E-state index contributed by atoms with van der Waals surface area (Å²) in [5.74, 6) is 0.710. The first-order valence-electron chi connectivity index (χ1n) is 8.89. The molecule has 3 nitrogen and oxygen atoms in total. The summed E-state index contributed by atoms with van der Waals surface area (Å²) in [5.41, 5.74) is 4.24. The highest BCUT2D eigenvalue weighted by Crippen LogP contribution is 2.28. The molecule has 1 atom stereocenters. The van der Waals surface area contributed by atoms with Gasteiger partial charge in [0.05, 0.1) is 0 Å². The van der Waals surface area contributed by atoms with Gasteiger partial charge in [-0.25, -0.2) is 0 Å². The first-order chi connectivity index (χ1) is 11.7. The quantitative estimate of drug-likeness (QED) is 0.939. The molecule has 0 aromatic heterocycles. The second kappa shape index (κ2) is 6.40. The van der Waals surface area contributed by atoms with Crippen molar-refractivity contribution in [3.05, 3.63) is 59.7 Å². The van der Waals surface area contributed by atoms with Gasteiger partial charge in [0, 0.05) is 18.2 Å². The van der Waals surface area contributed by atoms with Crippen LogP contribution >= 0.6 is 0 Å². The second-order valence-electron chi connectivity index (χ2n) is 7.17. The van der Waals surface area contributed by atoms with Gasteiger partial charge in [-0.2, -0.15) is 0 Å². The molecule has 3 heterocycles. The zero-order valence-electron chi connectivity index (χ0n) is 14.2. The number of aryl methyl sites for hydroxylation is 1. The first-order valence-corrected chi connectivity index (χ1v) is 8.89. The van der Waals surface area contributed by atoms with Gasteiger partial charge in [-0.05, 0) is 62.0 Å².